The number of ether oxygens (including phenoxy) is 3. The molecule has 0 aromatic heterocycles. The number of carbonyl (C=O) groups excluding carboxylic acids is 2. The highest BCUT2D eigenvalue weighted by atomic mass is 32.2. The van der Waals surface area contributed by atoms with Crippen LogP contribution in [0.2, 0.25) is 0 Å². The Balaban J connectivity index is 2.46. The molecule has 2 aromatic rings. The number of hydrogen-bond acceptors (Lipinski definition) is 7. The van der Waals surface area contributed by atoms with E-state index in [-0.39, 0.29) is 22.7 Å². The van der Waals surface area contributed by atoms with Crippen molar-refractivity contribution in [2.24, 2.45) is 0 Å². The molecule has 10 heteroatoms. The van der Waals surface area contributed by atoms with Crippen molar-refractivity contribution in [3.05, 3.63) is 48.0 Å². The highest BCUT2D eigenvalue weighted by Gasteiger charge is 2.32. The number of hydrogen-bond donors (Lipinski definition) is 1. The third kappa shape index (κ3) is 5.01. The summed E-state index contributed by atoms with van der Waals surface area (Å²) in [5.74, 6) is -0.645. The van der Waals surface area contributed by atoms with Crippen molar-refractivity contribution >= 4 is 33.3 Å². The topological polar surface area (TPSA) is 111 Å². The summed E-state index contributed by atoms with van der Waals surface area (Å²) in [5.41, 5.74) is 0.487. The lowest BCUT2D eigenvalue weighted by atomic mass is 10.1. The van der Waals surface area contributed by atoms with Gasteiger partial charge in [0, 0.05) is 6.07 Å². The van der Waals surface area contributed by atoms with Gasteiger partial charge < -0.3 is 19.5 Å². The maximum Gasteiger partial charge on any atom is 0.339 e. The number of methoxy groups -OCH3 is 3. The standard InChI is InChI=1S/C20H24N2O7S/c1-13(19(23)21-16-9-7-6-8-15(16)20(24)29-4)22(30(5,25)26)17-12-14(27-2)10-11-18(17)28-3/h6-13H,1-5H3,(H,21,23). The molecule has 9 nitrogen and oxygen atoms in total. The predicted octanol–water partition coefficient (Wildman–Crippen LogP) is 2.28. The summed E-state index contributed by atoms with van der Waals surface area (Å²) in [6, 6.07) is 9.71. The van der Waals surface area contributed by atoms with Crippen LogP contribution in [-0.4, -0.2) is 53.9 Å². The number of benzene rings is 2. The quantitative estimate of drug-likeness (QED) is 0.632. The van der Waals surface area contributed by atoms with Crippen LogP contribution in [0.1, 0.15) is 17.3 Å². The lowest BCUT2D eigenvalue weighted by molar-refractivity contribution is -0.116. The zero-order valence-electron chi connectivity index (χ0n) is 17.3. The Bertz CT molecular complexity index is 1040. The van der Waals surface area contributed by atoms with Gasteiger partial charge in [0.15, 0.2) is 0 Å². The predicted molar refractivity (Wildman–Crippen MR) is 113 cm³/mol. The first-order chi connectivity index (χ1) is 14.1. The summed E-state index contributed by atoms with van der Waals surface area (Å²) >= 11 is 0. The van der Waals surface area contributed by atoms with Gasteiger partial charge in [0.2, 0.25) is 15.9 Å². The number of para-hydroxylation sites is 1. The van der Waals surface area contributed by atoms with Gasteiger partial charge in [-0.05, 0) is 31.2 Å². The molecule has 0 saturated heterocycles. The van der Waals surface area contributed by atoms with Gasteiger partial charge in [0.25, 0.3) is 0 Å². The minimum absolute atomic E-state index is 0.142. The number of esters is 1. The first-order valence-corrected chi connectivity index (χ1v) is 10.7. The van der Waals surface area contributed by atoms with E-state index in [1.54, 1.807) is 24.3 Å². The number of sulfonamides is 1. The number of nitrogens with one attached hydrogen (secondary N) is 1. The van der Waals surface area contributed by atoms with E-state index in [2.05, 4.69) is 5.32 Å². The smallest absolute Gasteiger partial charge is 0.339 e. The van der Waals surface area contributed by atoms with E-state index in [1.807, 2.05) is 0 Å². The number of anilines is 2. The molecule has 1 atom stereocenters. The molecule has 0 aliphatic rings. The number of nitrogens with zero attached hydrogens (tertiary/aromatic N) is 1. The van der Waals surface area contributed by atoms with Gasteiger partial charge in [0.1, 0.15) is 17.5 Å². The Hall–Kier alpha value is -3.27. The van der Waals surface area contributed by atoms with Crippen molar-refractivity contribution in [2.45, 2.75) is 13.0 Å². The molecule has 2 aromatic carbocycles. The fourth-order valence-corrected chi connectivity index (χ4v) is 4.04. The lowest BCUT2D eigenvalue weighted by Crippen LogP contribution is -2.45. The van der Waals surface area contributed by atoms with Gasteiger partial charge in [-0.2, -0.15) is 0 Å². The van der Waals surface area contributed by atoms with Crippen molar-refractivity contribution in [2.75, 3.05) is 37.2 Å². The Labute approximate surface area is 175 Å². The van der Waals surface area contributed by atoms with Crippen LogP contribution in [-0.2, 0) is 19.6 Å². The molecule has 0 aliphatic carbocycles. The van der Waals surface area contributed by atoms with Gasteiger partial charge in [0.05, 0.1) is 44.5 Å². The van der Waals surface area contributed by atoms with Crippen LogP contribution < -0.4 is 19.1 Å². The Morgan fingerprint density at radius 1 is 1.03 bits per heavy atom. The van der Waals surface area contributed by atoms with Crippen LogP contribution in [0, 0.1) is 0 Å². The van der Waals surface area contributed by atoms with Crippen LogP contribution in [0.5, 0.6) is 11.5 Å². The van der Waals surface area contributed by atoms with Crippen molar-refractivity contribution in [1.29, 1.82) is 0 Å². The number of carbonyl (C=O) groups is 2. The maximum absolute atomic E-state index is 12.9. The Kier molecular flexibility index (Phi) is 7.28. The van der Waals surface area contributed by atoms with Crippen LogP contribution in [0.25, 0.3) is 0 Å². The van der Waals surface area contributed by atoms with E-state index in [4.69, 9.17) is 14.2 Å². The fraction of sp³-hybridized carbons (Fsp3) is 0.300. The fourth-order valence-electron chi connectivity index (χ4n) is 2.87. The van der Waals surface area contributed by atoms with E-state index >= 15 is 0 Å². The molecule has 0 saturated carbocycles. The summed E-state index contributed by atoms with van der Waals surface area (Å²) in [7, 11) is 0.161. The summed E-state index contributed by atoms with van der Waals surface area (Å²) in [6.45, 7) is 1.43. The molecular formula is C20H24N2O7S. The summed E-state index contributed by atoms with van der Waals surface area (Å²) in [5, 5.41) is 2.60. The molecule has 1 amide bonds. The second kappa shape index (κ2) is 9.49. The first-order valence-electron chi connectivity index (χ1n) is 8.83. The van der Waals surface area contributed by atoms with Crippen molar-refractivity contribution in [3.63, 3.8) is 0 Å². The summed E-state index contributed by atoms with van der Waals surface area (Å²) in [6.07, 6.45) is 0.984. The highest BCUT2D eigenvalue weighted by molar-refractivity contribution is 7.92. The maximum atomic E-state index is 12.9. The van der Waals surface area contributed by atoms with Gasteiger partial charge in [-0.25, -0.2) is 13.2 Å². The highest BCUT2D eigenvalue weighted by Crippen LogP contribution is 2.35. The molecular weight excluding hydrogens is 412 g/mol. The average Bonchev–Trinajstić information content (AvgIpc) is 2.72. The minimum atomic E-state index is -3.90. The largest absolute Gasteiger partial charge is 0.497 e. The number of amides is 1. The van der Waals surface area contributed by atoms with Crippen LogP contribution in [0.15, 0.2) is 42.5 Å². The van der Waals surface area contributed by atoms with E-state index < -0.39 is 27.9 Å². The second-order valence-electron chi connectivity index (χ2n) is 6.30. The third-order valence-corrected chi connectivity index (χ3v) is 5.53. The monoisotopic (exact) mass is 436 g/mol. The molecule has 0 spiro atoms. The SMILES string of the molecule is COC(=O)c1ccccc1NC(=O)C(C)N(c1cc(OC)ccc1OC)S(C)(=O)=O. The molecule has 2 rings (SSSR count). The molecule has 1 unspecified atom stereocenters. The molecule has 0 radical (unpaired) electrons. The molecule has 1 N–H and O–H groups in total. The van der Waals surface area contributed by atoms with E-state index in [9.17, 15) is 18.0 Å². The van der Waals surface area contributed by atoms with E-state index in [0.29, 0.717) is 5.75 Å². The average molecular weight is 436 g/mol. The van der Waals surface area contributed by atoms with Crippen molar-refractivity contribution in [3.8, 4) is 11.5 Å². The van der Waals surface area contributed by atoms with Gasteiger partial charge in [-0.3, -0.25) is 9.10 Å². The van der Waals surface area contributed by atoms with Gasteiger partial charge >= 0.3 is 5.97 Å². The number of rotatable bonds is 8. The van der Waals surface area contributed by atoms with Crippen molar-refractivity contribution < 1.29 is 32.2 Å². The van der Waals surface area contributed by atoms with Crippen LogP contribution >= 0.6 is 0 Å². The minimum Gasteiger partial charge on any atom is -0.497 e. The van der Waals surface area contributed by atoms with Crippen molar-refractivity contribution in [1.82, 2.24) is 0 Å². The molecule has 30 heavy (non-hydrogen) atoms. The second-order valence-corrected chi connectivity index (χ2v) is 8.16. The first kappa shape index (κ1) is 23.0. The molecule has 0 fully saturated rings. The zero-order valence-corrected chi connectivity index (χ0v) is 18.1. The molecule has 0 bridgehead atoms. The van der Waals surface area contributed by atoms with Crippen LogP contribution in [0.4, 0.5) is 11.4 Å². The normalized spacial score (nSPS) is 11.9. The molecule has 0 aliphatic heterocycles. The van der Waals surface area contributed by atoms with E-state index in [0.717, 1.165) is 10.6 Å². The molecule has 162 valence electrons. The third-order valence-electron chi connectivity index (χ3n) is 4.30. The Morgan fingerprint density at radius 3 is 2.27 bits per heavy atom. The molecule has 0 heterocycles. The Morgan fingerprint density at radius 2 is 1.70 bits per heavy atom. The summed E-state index contributed by atoms with van der Waals surface area (Å²) in [4.78, 5) is 24.9. The summed E-state index contributed by atoms with van der Waals surface area (Å²) < 4.78 is 41.3. The van der Waals surface area contributed by atoms with Crippen LogP contribution in [0.3, 0.4) is 0 Å². The zero-order chi connectivity index (χ0) is 22.5. The van der Waals surface area contributed by atoms with Gasteiger partial charge in [-0.15, -0.1) is 0 Å². The van der Waals surface area contributed by atoms with E-state index in [1.165, 1.54) is 46.5 Å². The lowest BCUT2D eigenvalue weighted by Gasteiger charge is -2.29. The van der Waals surface area contributed by atoms with Gasteiger partial charge in [-0.1, -0.05) is 12.1 Å².